The van der Waals surface area contributed by atoms with Crippen LogP contribution in [0, 0.1) is 0 Å². The standard InChI is InChI=1S/C21H48N8O2.C18H39N7O3.C18H38N6O4.C17H36N6O4.C12H25N5O3/c1-27(2)20(30)18-26-21(31)19(29(16-6-11-24)17-7-12-25)8-3-13-28(14-4-9-22)15-5-10-23;1-14(2)25-17(27)13-23-16(26)12-24-18(28)15(22-11-5-8-20)6-3-9-21-10-4-7-19;1-24(2)18(28)15(7-8-16(25)26)23-17(27)14(22-13-5-10-20)6-3-11-21-12-4-9-19;1-23(2)17(27)14(12-15(24)25)22-16(26)13(21-11-5-8-19)6-3-9-20-10-4-7-18;1-8(2)17-11(19)7-15-10(18)6-16-12(20)9(14)4-3-5-13/h19H,3-18,22-25H2,1-2H3,(H,26,31);14-15,21-22H,3-13,19-20H2,1-2H3,(H,23,26)(H,24,28)(H,25,27);14-15,21-22H,3-13,19-20H2,1-2H3,(H,23,27)(H,25,26);13-14,20-21H,3-12,18-19H2,1-2H3,(H,22,26)(H,24,25);8-9H,3-7,13-14H2,1-2H3,(H,15,18)(H,16,20)(H,17,19)/t19-;15-;;;9-/m00..0/s1. The van der Waals surface area contributed by atoms with Crippen LogP contribution in [0.4, 0.5) is 0 Å². The monoisotopic (exact) mass is 1920 g/mol. The minimum absolute atomic E-state index is 0.00305. The minimum Gasteiger partial charge on any atom is -0.481 e. The Morgan fingerprint density at radius 1 is 0.291 bits per heavy atom. The summed E-state index contributed by atoms with van der Waals surface area (Å²) >= 11 is 0. The summed E-state index contributed by atoms with van der Waals surface area (Å²) in [5.41, 5.74) is 66.5. The van der Waals surface area contributed by atoms with E-state index >= 15 is 0 Å². The molecule has 0 radical (unpaired) electrons. The molecule has 48 heteroatoms. The van der Waals surface area contributed by atoms with Gasteiger partial charge in [-0.05, 0) is 313 Å². The van der Waals surface area contributed by atoms with Crippen molar-refractivity contribution >= 4 is 82.8 Å². The number of carboxylic acid groups (broad SMARTS) is 2. The molecule has 0 heterocycles. The molecule has 41 N–H and O–H groups in total. The molecule has 7 atom stereocenters. The van der Waals surface area contributed by atoms with E-state index in [-0.39, 0.29) is 117 Å². The van der Waals surface area contributed by atoms with Crippen molar-refractivity contribution in [1.29, 1.82) is 0 Å². The van der Waals surface area contributed by atoms with E-state index in [9.17, 15) is 67.1 Å². The first kappa shape index (κ1) is 134. The fraction of sp³-hybridized carbons (Fsp3) is 0.837. The number of hydrogen-bond donors (Lipinski definition) is 29. The summed E-state index contributed by atoms with van der Waals surface area (Å²) in [5, 5.41) is 60.5. The van der Waals surface area contributed by atoms with E-state index in [1.54, 1.807) is 28.2 Å². The lowest BCUT2D eigenvalue weighted by Gasteiger charge is -2.32. The lowest BCUT2D eigenvalue weighted by Crippen LogP contribution is -2.53. The topological polar surface area (TPSA) is 788 Å². The molecule has 0 saturated heterocycles. The zero-order valence-corrected chi connectivity index (χ0v) is 82.9. The third-order valence-corrected chi connectivity index (χ3v) is 19.6. The van der Waals surface area contributed by atoms with Gasteiger partial charge in [0, 0.05) is 73.9 Å². The first-order valence-corrected chi connectivity index (χ1v) is 47.7. The van der Waals surface area contributed by atoms with Gasteiger partial charge in [-0.15, -0.1) is 0 Å². The van der Waals surface area contributed by atoms with Gasteiger partial charge >= 0.3 is 11.9 Å². The molecular weight excluding hydrogens is 1740 g/mol. The van der Waals surface area contributed by atoms with Gasteiger partial charge < -0.3 is 178 Å². The van der Waals surface area contributed by atoms with Crippen LogP contribution < -0.4 is 149 Å². The largest absolute Gasteiger partial charge is 0.481 e. The number of nitrogens with one attached hydrogen (secondary N) is 15. The second kappa shape index (κ2) is 92.5. The molecule has 0 aromatic heterocycles. The highest BCUT2D eigenvalue weighted by Gasteiger charge is 2.31. The van der Waals surface area contributed by atoms with Crippen molar-refractivity contribution in [2.24, 2.45) is 68.8 Å². The van der Waals surface area contributed by atoms with Gasteiger partial charge in [0.1, 0.15) is 12.1 Å². The zero-order chi connectivity index (χ0) is 102. The molecular formula is C86H186N32O16. The number of carbonyl (C=O) groups is 14. The van der Waals surface area contributed by atoms with E-state index in [2.05, 4.69) is 89.6 Å². The van der Waals surface area contributed by atoms with Crippen LogP contribution in [0.2, 0.25) is 0 Å². The SMILES string of the molecule is CC(C)NC(=O)CNC(=O)CNC(=O)[C@@H](N)CCCN.CC(C)NC(=O)CNC(=O)CNC(=O)[C@H](CCCNCCCN)NCCCN.CN(C)C(=O)C(CC(=O)O)NC(=O)C(CCCNCCCN)NCCCN.CN(C)C(=O)C(CCC(=O)O)NC(=O)C(CCCNCCCN)NCCCN.CN(C)C(=O)CNC(=O)[C@H](CCCN(CCCN)CCCN)N(CCCN)CCCN. The van der Waals surface area contributed by atoms with Gasteiger partial charge in [-0.1, -0.05) is 0 Å². The quantitative estimate of drug-likeness (QED) is 0.0251. The summed E-state index contributed by atoms with van der Waals surface area (Å²) in [7, 11) is 9.55. The van der Waals surface area contributed by atoms with E-state index < -0.39 is 72.2 Å². The van der Waals surface area contributed by atoms with Crippen LogP contribution in [0.3, 0.4) is 0 Å². The van der Waals surface area contributed by atoms with Crippen LogP contribution in [0.1, 0.15) is 175 Å². The average Bonchev–Trinajstić information content (AvgIpc) is 0.884. The summed E-state index contributed by atoms with van der Waals surface area (Å²) in [5.74, 6) is -5.87. The highest BCUT2D eigenvalue weighted by Crippen LogP contribution is 2.13. The molecule has 0 fully saturated rings. The molecule has 0 aliphatic heterocycles. The lowest BCUT2D eigenvalue weighted by molar-refractivity contribution is -0.143. The van der Waals surface area contributed by atoms with Crippen molar-refractivity contribution in [2.75, 3.05) is 239 Å². The minimum atomic E-state index is -1.15. The molecule has 0 bridgehead atoms. The Hall–Kier alpha value is -8.22. The first-order valence-electron chi connectivity index (χ1n) is 47.7. The molecule has 0 aromatic rings. The van der Waals surface area contributed by atoms with Gasteiger partial charge in [-0.3, -0.25) is 72.0 Å². The maximum absolute atomic E-state index is 13.0. The van der Waals surface area contributed by atoms with Crippen molar-refractivity contribution in [3.8, 4) is 0 Å². The molecule has 12 amide bonds. The van der Waals surface area contributed by atoms with Crippen LogP contribution in [-0.2, 0) is 67.1 Å². The Morgan fingerprint density at radius 3 is 0.978 bits per heavy atom. The number of aliphatic carboxylic acids is 2. The van der Waals surface area contributed by atoms with Gasteiger partial charge in [-0.25, -0.2) is 0 Å². The molecule has 0 saturated carbocycles. The van der Waals surface area contributed by atoms with Crippen molar-refractivity contribution in [2.45, 2.75) is 230 Å². The third kappa shape index (κ3) is 82.1. The molecule has 0 aliphatic rings. The van der Waals surface area contributed by atoms with Crippen LogP contribution >= 0.6 is 0 Å². The predicted molar refractivity (Wildman–Crippen MR) is 526 cm³/mol. The van der Waals surface area contributed by atoms with E-state index in [4.69, 9.17) is 79.0 Å². The molecule has 786 valence electrons. The molecule has 134 heavy (non-hydrogen) atoms. The van der Waals surface area contributed by atoms with Crippen LogP contribution in [0.25, 0.3) is 0 Å². The summed E-state index contributed by atoms with van der Waals surface area (Å²) in [6, 6.07) is -4.28. The molecule has 0 spiro atoms. The van der Waals surface area contributed by atoms with Gasteiger partial charge in [0.15, 0.2) is 0 Å². The fourth-order valence-corrected chi connectivity index (χ4v) is 12.2. The second-order valence-corrected chi connectivity index (χ2v) is 33.2. The van der Waals surface area contributed by atoms with E-state index in [0.717, 1.165) is 155 Å². The van der Waals surface area contributed by atoms with Crippen LogP contribution in [-0.4, -0.2) is 411 Å². The zero-order valence-electron chi connectivity index (χ0n) is 82.9. The molecule has 0 aromatic carbocycles. The normalized spacial score (nSPS) is 12.5. The first-order chi connectivity index (χ1) is 63.8. The smallest absolute Gasteiger partial charge is 0.305 e. The van der Waals surface area contributed by atoms with Crippen molar-refractivity contribution in [3.63, 3.8) is 0 Å². The van der Waals surface area contributed by atoms with E-state index in [1.165, 1.54) is 28.8 Å². The van der Waals surface area contributed by atoms with Crippen LogP contribution in [0.5, 0.6) is 0 Å². The second-order valence-electron chi connectivity index (χ2n) is 33.2. The van der Waals surface area contributed by atoms with Gasteiger partial charge in [0.05, 0.1) is 69.4 Å². The molecule has 0 rings (SSSR count). The van der Waals surface area contributed by atoms with Gasteiger partial charge in [0.2, 0.25) is 70.9 Å². The Labute approximate surface area is 798 Å². The van der Waals surface area contributed by atoms with E-state index in [1.807, 2.05) is 27.7 Å². The fourth-order valence-electron chi connectivity index (χ4n) is 12.2. The third-order valence-electron chi connectivity index (χ3n) is 19.6. The van der Waals surface area contributed by atoms with Crippen molar-refractivity contribution < 1.29 is 77.3 Å². The number of amides is 12. The Bertz CT molecular complexity index is 3040. The lowest BCUT2D eigenvalue weighted by atomic mass is 10.1. The molecule has 48 nitrogen and oxygen atoms in total. The maximum atomic E-state index is 13.0. The number of nitrogens with zero attached hydrogens (tertiary/aromatic N) is 5. The number of hydrogen-bond acceptors (Lipinski definition) is 34. The number of likely N-dealkylation sites (N-methyl/N-ethyl adjacent to an activating group) is 3. The maximum Gasteiger partial charge on any atom is 0.305 e. The molecule has 4 unspecified atom stereocenters. The summed E-state index contributed by atoms with van der Waals surface area (Å²) < 4.78 is 0. The number of carbonyl (C=O) groups excluding carboxylic acids is 12. The van der Waals surface area contributed by atoms with Crippen molar-refractivity contribution in [1.82, 2.24) is 104 Å². The molecule has 0 aliphatic carbocycles. The highest BCUT2D eigenvalue weighted by atomic mass is 16.4. The highest BCUT2D eigenvalue weighted by molar-refractivity contribution is 5.93. The number of nitrogens with two attached hydrogens (primary N) is 12. The summed E-state index contributed by atoms with van der Waals surface area (Å²) in [6.07, 6.45) is 14.7. The predicted octanol–water partition coefficient (Wildman–Crippen LogP) is -9.57. The average molecular weight is 1920 g/mol. The number of carboxylic acids is 2. The Morgan fingerprint density at radius 2 is 0.619 bits per heavy atom. The van der Waals surface area contributed by atoms with E-state index in [0.29, 0.717) is 137 Å². The Balaban J connectivity index is -0.000000520. The Kier molecular flexibility index (Phi) is 92.7. The van der Waals surface area contributed by atoms with Gasteiger partial charge in [-0.2, -0.15) is 0 Å². The van der Waals surface area contributed by atoms with Gasteiger partial charge in [0.25, 0.3) is 0 Å². The van der Waals surface area contributed by atoms with Crippen molar-refractivity contribution in [3.05, 3.63) is 0 Å². The van der Waals surface area contributed by atoms with Crippen LogP contribution in [0.15, 0.2) is 0 Å². The summed E-state index contributed by atoms with van der Waals surface area (Å²) in [4.78, 5) is 175. The summed E-state index contributed by atoms with van der Waals surface area (Å²) in [6.45, 7) is 24.0. The number of rotatable bonds is 79.